The van der Waals surface area contributed by atoms with Crippen LogP contribution >= 0.6 is 24.0 Å². The van der Waals surface area contributed by atoms with Crippen molar-refractivity contribution in [3.05, 3.63) is 59.2 Å². The van der Waals surface area contributed by atoms with E-state index in [4.69, 9.17) is 14.2 Å². The second kappa shape index (κ2) is 13.4. The fourth-order valence-corrected chi connectivity index (χ4v) is 3.42. The molecule has 0 spiro atoms. The van der Waals surface area contributed by atoms with Gasteiger partial charge in [0.05, 0.1) is 20.3 Å². The van der Waals surface area contributed by atoms with E-state index in [1.165, 1.54) is 11.1 Å². The lowest BCUT2D eigenvalue weighted by Crippen LogP contribution is -2.38. The minimum Gasteiger partial charge on any atom is -0.497 e. The van der Waals surface area contributed by atoms with Crippen molar-refractivity contribution < 1.29 is 14.2 Å². The van der Waals surface area contributed by atoms with Crippen LogP contribution in [0.2, 0.25) is 0 Å². The second-order valence-electron chi connectivity index (χ2n) is 7.61. The highest BCUT2D eigenvalue weighted by molar-refractivity contribution is 14.0. The zero-order chi connectivity index (χ0) is 21.2. The monoisotopic (exact) mass is 539 g/mol. The van der Waals surface area contributed by atoms with E-state index >= 15 is 0 Å². The number of aliphatic imine (C=N–C) groups is 1. The van der Waals surface area contributed by atoms with E-state index < -0.39 is 0 Å². The van der Waals surface area contributed by atoms with Crippen LogP contribution in [0.4, 0.5) is 0 Å². The highest BCUT2D eigenvalue weighted by Gasteiger charge is 2.17. The number of nitrogens with one attached hydrogen (secondary N) is 2. The largest absolute Gasteiger partial charge is 0.497 e. The maximum Gasteiger partial charge on any atom is 0.191 e. The first-order valence-corrected chi connectivity index (χ1v) is 10.6. The summed E-state index contributed by atoms with van der Waals surface area (Å²) in [4.78, 5) is 4.34. The van der Waals surface area contributed by atoms with Crippen LogP contribution in [0.1, 0.15) is 23.1 Å². The summed E-state index contributed by atoms with van der Waals surface area (Å²) in [6, 6.07) is 14.5. The number of benzene rings is 2. The summed E-state index contributed by atoms with van der Waals surface area (Å²) >= 11 is 0. The molecule has 31 heavy (non-hydrogen) atoms. The normalized spacial score (nSPS) is 15.8. The minimum absolute atomic E-state index is 0. The SMILES string of the molecule is CN=C(NCCc1cccc(OC)c1)NCc1ccc(C)cc1OCC1CCOC1.I. The average molecular weight is 539 g/mol. The molecule has 0 amide bonds. The van der Waals surface area contributed by atoms with Crippen LogP contribution in [-0.2, 0) is 17.7 Å². The smallest absolute Gasteiger partial charge is 0.191 e. The van der Waals surface area contributed by atoms with E-state index in [0.29, 0.717) is 19.1 Å². The topological polar surface area (TPSA) is 64.1 Å². The molecule has 1 saturated heterocycles. The quantitative estimate of drug-likeness (QED) is 0.287. The van der Waals surface area contributed by atoms with E-state index in [-0.39, 0.29) is 24.0 Å². The predicted octanol–water partition coefficient (Wildman–Crippen LogP) is 3.94. The number of guanidine groups is 1. The lowest BCUT2D eigenvalue weighted by atomic mass is 10.1. The summed E-state index contributed by atoms with van der Waals surface area (Å²) < 4.78 is 16.9. The van der Waals surface area contributed by atoms with Gasteiger partial charge in [0.15, 0.2) is 5.96 Å². The number of ether oxygens (including phenoxy) is 3. The van der Waals surface area contributed by atoms with Gasteiger partial charge in [-0.05, 0) is 49.1 Å². The van der Waals surface area contributed by atoms with Crippen LogP contribution in [-0.4, -0.2) is 46.5 Å². The Balaban J connectivity index is 0.00000341. The highest BCUT2D eigenvalue weighted by Crippen LogP contribution is 2.22. The highest BCUT2D eigenvalue weighted by atomic mass is 127. The van der Waals surface area contributed by atoms with Crippen molar-refractivity contribution in [2.24, 2.45) is 10.9 Å². The van der Waals surface area contributed by atoms with Gasteiger partial charge in [-0.1, -0.05) is 24.3 Å². The second-order valence-corrected chi connectivity index (χ2v) is 7.61. The number of aryl methyl sites for hydroxylation is 1. The van der Waals surface area contributed by atoms with Gasteiger partial charge in [-0.15, -0.1) is 24.0 Å². The predicted molar refractivity (Wildman–Crippen MR) is 136 cm³/mol. The van der Waals surface area contributed by atoms with Crippen LogP contribution in [0, 0.1) is 12.8 Å². The minimum atomic E-state index is 0. The molecule has 1 aliphatic heterocycles. The molecule has 0 saturated carbocycles. The molecule has 1 fully saturated rings. The zero-order valence-corrected chi connectivity index (χ0v) is 21.0. The Morgan fingerprint density at radius 1 is 1.19 bits per heavy atom. The molecular formula is C24H34IN3O3. The maximum atomic E-state index is 6.14. The summed E-state index contributed by atoms with van der Waals surface area (Å²) in [5, 5.41) is 6.77. The molecule has 1 atom stereocenters. The Labute approximate surface area is 202 Å². The number of halogens is 1. The van der Waals surface area contributed by atoms with E-state index in [0.717, 1.165) is 55.6 Å². The lowest BCUT2D eigenvalue weighted by molar-refractivity contribution is 0.166. The lowest BCUT2D eigenvalue weighted by Gasteiger charge is -2.17. The van der Waals surface area contributed by atoms with Crippen molar-refractivity contribution in [2.45, 2.75) is 26.3 Å². The maximum absolute atomic E-state index is 6.14. The Kier molecular flexibility index (Phi) is 10.9. The van der Waals surface area contributed by atoms with Crippen LogP contribution < -0.4 is 20.1 Å². The van der Waals surface area contributed by atoms with Crippen molar-refractivity contribution in [1.29, 1.82) is 0 Å². The number of hydrogen-bond donors (Lipinski definition) is 2. The first-order chi connectivity index (χ1) is 14.7. The molecule has 2 aromatic rings. The Morgan fingerprint density at radius 3 is 2.81 bits per heavy atom. The van der Waals surface area contributed by atoms with Gasteiger partial charge in [-0.2, -0.15) is 0 Å². The van der Waals surface area contributed by atoms with Gasteiger partial charge >= 0.3 is 0 Å². The molecule has 0 aromatic heterocycles. The summed E-state index contributed by atoms with van der Waals surface area (Å²) in [7, 11) is 3.47. The summed E-state index contributed by atoms with van der Waals surface area (Å²) in [5.74, 6) is 3.07. The van der Waals surface area contributed by atoms with Crippen LogP contribution in [0.15, 0.2) is 47.5 Å². The van der Waals surface area contributed by atoms with Gasteiger partial charge in [0, 0.05) is 38.2 Å². The van der Waals surface area contributed by atoms with Crippen LogP contribution in [0.25, 0.3) is 0 Å². The number of nitrogens with zero attached hydrogens (tertiary/aromatic N) is 1. The van der Waals surface area contributed by atoms with Gasteiger partial charge in [0.1, 0.15) is 11.5 Å². The molecule has 3 rings (SSSR count). The summed E-state index contributed by atoms with van der Waals surface area (Å²) in [6.45, 7) is 5.85. The third-order valence-electron chi connectivity index (χ3n) is 5.23. The van der Waals surface area contributed by atoms with Crippen molar-refractivity contribution in [1.82, 2.24) is 10.6 Å². The average Bonchev–Trinajstić information content (AvgIpc) is 3.29. The third-order valence-corrected chi connectivity index (χ3v) is 5.23. The first kappa shape index (κ1) is 25.3. The molecule has 7 heteroatoms. The molecule has 0 aliphatic carbocycles. The Bertz CT molecular complexity index is 839. The third kappa shape index (κ3) is 8.22. The molecule has 2 N–H and O–H groups in total. The molecule has 6 nitrogen and oxygen atoms in total. The number of hydrogen-bond acceptors (Lipinski definition) is 4. The Morgan fingerprint density at radius 2 is 2.06 bits per heavy atom. The fourth-order valence-electron chi connectivity index (χ4n) is 3.42. The van der Waals surface area contributed by atoms with Gasteiger partial charge in [-0.3, -0.25) is 4.99 Å². The van der Waals surface area contributed by atoms with E-state index in [2.05, 4.69) is 52.9 Å². The molecule has 0 radical (unpaired) electrons. The Hall–Kier alpha value is -2.00. The van der Waals surface area contributed by atoms with Gasteiger partial charge < -0.3 is 24.8 Å². The standard InChI is InChI=1S/C24H33N3O3.HI/c1-18-7-8-21(23(13-18)30-17-20-10-12-29-16-20)15-27-24(25-2)26-11-9-19-5-4-6-22(14-19)28-3;/h4-8,13-14,20H,9-12,15-17H2,1-3H3,(H2,25,26,27);1H. The molecule has 1 aliphatic rings. The fraction of sp³-hybridized carbons (Fsp3) is 0.458. The molecule has 2 aromatic carbocycles. The van der Waals surface area contributed by atoms with E-state index in [1.54, 1.807) is 14.2 Å². The molecule has 170 valence electrons. The number of rotatable bonds is 9. The van der Waals surface area contributed by atoms with Gasteiger partial charge in [0.25, 0.3) is 0 Å². The van der Waals surface area contributed by atoms with E-state index in [1.807, 2.05) is 12.1 Å². The van der Waals surface area contributed by atoms with Crippen molar-refractivity contribution in [2.75, 3.05) is 40.5 Å². The molecular weight excluding hydrogens is 505 g/mol. The van der Waals surface area contributed by atoms with Crippen molar-refractivity contribution >= 4 is 29.9 Å². The summed E-state index contributed by atoms with van der Waals surface area (Å²) in [6.07, 6.45) is 1.96. The van der Waals surface area contributed by atoms with Crippen LogP contribution in [0.5, 0.6) is 11.5 Å². The van der Waals surface area contributed by atoms with Crippen molar-refractivity contribution in [3.8, 4) is 11.5 Å². The first-order valence-electron chi connectivity index (χ1n) is 10.6. The molecule has 1 unspecified atom stereocenters. The molecule has 1 heterocycles. The van der Waals surface area contributed by atoms with Gasteiger partial charge in [-0.25, -0.2) is 0 Å². The molecule has 0 bridgehead atoms. The van der Waals surface area contributed by atoms with Gasteiger partial charge in [0.2, 0.25) is 0 Å². The van der Waals surface area contributed by atoms with Crippen LogP contribution in [0.3, 0.4) is 0 Å². The summed E-state index contributed by atoms with van der Waals surface area (Å²) in [5.41, 5.74) is 3.54. The zero-order valence-electron chi connectivity index (χ0n) is 18.6. The van der Waals surface area contributed by atoms with E-state index in [9.17, 15) is 0 Å². The van der Waals surface area contributed by atoms with Crippen molar-refractivity contribution in [3.63, 3.8) is 0 Å². The number of methoxy groups -OCH3 is 1.